The summed E-state index contributed by atoms with van der Waals surface area (Å²) < 4.78 is 0. The van der Waals surface area contributed by atoms with Crippen LogP contribution in [0, 0.1) is 0 Å². The molecule has 0 aliphatic carbocycles. The van der Waals surface area contributed by atoms with E-state index >= 15 is 0 Å². The maximum absolute atomic E-state index is 13.2. The quantitative estimate of drug-likeness (QED) is 0.498. The minimum Gasteiger partial charge on any atom is -0.351 e. The first-order valence-corrected chi connectivity index (χ1v) is 9.74. The first-order valence-electron chi connectivity index (χ1n) is 8.60. The van der Waals surface area contributed by atoms with Crippen molar-refractivity contribution in [1.29, 1.82) is 0 Å². The molecule has 4 rings (SSSR count). The van der Waals surface area contributed by atoms with E-state index in [1.165, 1.54) is 0 Å². The topological polar surface area (TPSA) is 32.3 Å². The molecule has 1 aliphatic rings. The molecule has 6 heteroatoms. The number of benzene rings is 3. The fraction of sp³-hybridized carbons (Fsp3) is 0.0455. The summed E-state index contributed by atoms with van der Waals surface area (Å²) in [7, 11) is 0. The molecule has 1 aliphatic heterocycles. The lowest BCUT2D eigenvalue weighted by Gasteiger charge is -2.25. The molecule has 1 atom stereocenters. The summed E-state index contributed by atoms with van der Waals surface area (Å²) in [5.41, 5.74) is 3.01. The number of amides is 1. The molecule has 0 saturated carbocycles. The Morgan fingerprint density at radius 2 is 1.21 bits per heavy atom. The third-order valence-corrected chi connectivity index (χ3v) is 5.25. The zero-order chi connectivity index (χ0) is 19.7. The van der Waals surface area contributed by atoms with Gasteiger partial charge in [0.2, 0.25) is 0 Å². The number of halogens is 3. The van der Waals surface area contributed by atoms with E-state index in [4.69, 9.17) is 34.8 Å². The Bertz CT molecular complexity index is 1030. The van der Waals surface area contributed by atoms with Gasteiger partial charge in [-0.2, -0.15) is 0 Å². The number of hydrogen-bond acceptors (Lipinski definition) is 2. The zero-order valence-electron chi connectivity index (χ0n) is 14.6. The summed E-state index contributed by atoms with van der Waals surface area (Å²) >= 11 is 18.0. The van der Waals surface area contributed by atoms with E-state index < -0.39 is 0 Å². The highest BCUT2D eigenvalue weighted by molar-refractivity contribution is 6.31. The standard InChI is InChI=1S/C22H15Cl3N2O/c23-15-3-1-14(2-4-15)21-13-20(26-18-9-5-16(24)6-10-18)22(28)27(21)19-11-7-17(25)8-12-19/h1-13,21,26H. The molecule has 0 fully saturated rings. The van der Waals surface area contributed by atoms with Crippen LogP contribution in [0.3, 0.4) is 0 Å². The Hall–Kier alpha value is -2.46. The fourth-order valence-corrected chi connectivity index (χ4v) is 3.51. The summed E-state index contributed by atoms with van der Waals surface area (Å²) in [4.78, 5) is 15.0. The highest BCUT2D eigenvalue weighted by atomic mass is 35.5. The van der Waals surface area contributed by atoms with E-state index in [1.807, 2.05) is 54.6 Å². The second-order valence-electron chi connectivity index (χ2n) is 6.36. The minimum atomic E-state index is -0.263. The Kier molecular flexibility index (Phi) is 5.31. The molecule has 3 aromatic carbocycles. The van der Waals surface area contributed by atoms with Crippen LogP contribution in [0.1, 0.15) is 11.6 Å². The molecule has 1 heterocycles. The van der Waals surface area contributed by atoms with Crippen molar-refractivity contribution >= 4 is 52.1 Å². The number of carbonyl (C=O) groups is 1. The van der Waals surface area contributed by atoms with Gasteiger partial charge in [0.1, 0.15) is 5.70 Å². The van der Waals surface area contributed by atoms with E-state index in [-0.39, 0.29) is 11.9 Å². The number of rotatable bonds is 4. The predicted molar refractivity (Wildman–Crippen MR) is 116 cm³/mol. The molecular weight excluding hydrogens is 415 g/mol. The molecule has 0 bridgehead atoms. The maximum Gasteiger partial charge on any atom is 0.275 e. The average molecular weight is 430 g/mol. The highest BCUT2D eigenvalue weighted by Gasteiger charge is 2.34. The molecule has 0 spiro atoms. The molecule has 3 nitrogen and oxygen atoms in total. The maximum atomic E-state index is 13.2. The van der Waals surface area contributed by atoms with Gasteiger partial charge in [0.05, 0.1) is 6.04 Å². The van der Waals surface area contributed by atoms with Gasteiger partial charge in [0, 0.05) is 26.4 Å². The molecule has 1 amide bonds. The van der Waals surface area contributed by atoms with Crippen LogP contribution in [-0.2, 0) is 4.79 Å². The van der Waals surface area contributed by atoms with Gasteiger partial charge in [-0.05, 0) is 72.3 Å². The summed E-state index contributed by atoms with van der Waals surface area (Å²) in [6.45, 7) is 0. The van der Waals surface area contributed by atoms with Gasteiger partial charge in [0.15, 0.2) is 0 Å². The summed E-state index contributed by atoms with van der Waals surface area (Å²) in [6, 6.07) is 21.6. The number of nitrogens with one attached hydrogen (secondary N) is 1. The predicted octanol–water partition coefficient (Wildman–Crippen LogP) is 6.73. The van der Waals surface area contributed by atoms with Crippen LogP contribution in [-0.4, -0.2) is 5.91 Å². The van der Waals surface area contributed by atoms with Crippen LogP contribution < -0.4 is 10.2 Å². The van der Waals surface area contributed by atoms with Crippen molar-refractivity contribution in [3.8, 4) is 0 Å². The van der Waals surface area contributed by atoms with Crippen molar-refractivity contribution in [2.45, 2.75) is 6.04 Å². The first kappa shape index (κ1) is 18.9. The third kappa shape index (κ3) is 3.88. The minimum absolute atomic E-state index is 0.128. The van der Waals surface area contributed by atoms with Crippen molar-refractivity contribution in [2.75, 3.05) is 10.2 Å². The Morgan fingerprint density at radius 3 is 1.79 bits per heavy atom. The van der Waals surface area contributed by atoms with Crippen LogP contribution in [0.4, 0.5) is 11.4 Å². The lowest BCUT2D eigenvalue weighted by molar-refractivity contribution is -0.114. The van der Waals surface area contributed by atoms with Crippen LogP contribution in [0.15, 0.2) is 84.6 Å². The van der Waals surface area contributed by atoms with E-state index in [1.54, 1.807) is 29.2 Å². The van der Waals surface area contributed by atoms with Crippen molar-refractivity contribution in [3.05, 3.63) is 105 Å². The number of nitrogens with zero attached hydrogens (tertiary/aromatic N) is 1. The van der Waals surface area contributed by atoms with E-state index in [0.29, 0.717) is 20.8 Å². The number of anilines is 2. The lowest BCUT2D eigenvalue weighted by atomic mass is 10.1. The molecule has 3 aromatic rings. The Morgan fingerprint density at radius 1 is 0.714 bits per heavy atom. The SMILES string of the molecule is O=C1C(Nc2ccc(Cl)cc2)=CC(c2ccc(Cl)cc2)N1c1ccc(Cl)cc1. The highest BCUT2D eigenvalue weighted by Crippen LogP contribution is 2.37. The van der Waals surface area contributed by atoms with Gasteiger partial charge >= 0.3 is 0 Å². The molecule has 140 valence electrons. The Labute approximate surface area is 178 Å². The van der Waals surface area contributed by atoms with Crippen LogP contribution in [0.2, 0.25) is 15.1 Å². The zero-order valence-corrected chi connectivity index (χ0v) is 16.8. The summed E-state index contributed by atoms with van der Waals surface area (Å²) in [5, 5.41) is 5.10. The summed E-state index contributed by atoms with van der Waals surface area (Å²) in [5.74, 6) is -0.128. The van der Waals surface area contributed by atoms with Gasteiger partial charge in [-0.3, -0.25) is 9.69 Å². The molecular formula is C22H15Cl3N2O. The lowest BCUT2D eigenvalue weighted by Crippen LogP contribution is -2.30. The molecule has 1 unspecified atom stereocenters. The van der Waals surface area contributed by atoms with E-state index in [2.05, 4.69) is 5.32 Å². The van der Waals surface area contributed by atoms with Gasteiger partial charge in [0.25, 0.3) is 5.91 Å². The van der Waals surface area contributed by atoms with E-state index in [9.17, 15) is 4.79 Å². The molecule has 1 N–H and O–H groups in total. The van der Waals surface area contributed by atoms with E-state index in [0.717, 1.165) is 16.9 Å². The van der Waals surface area contributed by atoms with Gasteiger partial charge in [-0.1, -0.05) is 46.9 Å². The smallest absolute Gasteiger partial charge is 0.275 e. The molecule has 0 radical (unpaired) electrons. The van der Waals surface area contributed by atoms with Crippen LogP contribution in [0.25, 0.3) is 0 Å². The second kappa shape index (κ2) is 7.88. The largest absolute Gasteiger partial charge is 0.351 e. The Balaban J connectivity index is 1.72. The number of carbonyl (C=O) groups excluding carboxylic acids is 1. The van der Waals surface area contributed by atoms with Gasteiger partial charge in [-0.15, -0.1) is 0 Å². The molecule has 0 aromatic heterocycles. The van der Waals surface area contributed by atoms with Crippen LogP contribution in [0.5, 0.6) is 0 Å². The van der Waals surface area contributed by atoms with Crippen molar-refractivity contribution < 1.29 is 4.79 Å². The third-order valence-electron chi connectivity index (χ3n) is 4.49. The first-order chi connectivity index (χ1) is 13.5. The fourth-order valence-electron chi connectivity index (χ4n) is 3.13. The monoisotopic (exact) mass is 428 g/mol. The van der Waals surface area contributed by atoms with Crippen molar-refractivity contribution in [1.82, 2.24) is 0 Å². The number of hydrogen-bond donors (Lipinski definition) is 1. The van der Waals surface area contributed by atoms with Gasteiger partial charge in [-0.25, -0.2) is 0 Å². The van der Waals surface area contributed by atoms with Crippen molar-refractivity contribution in [3.63, 3.8) is 0 Å². The molecule has 0 saturated heterocycles. The second-order valence-corrected chi connectivity index (χ2v) is 7.67. The summed E-state index contributed by atoms with van der Waals surface area (Å²) in [6.07, 6.45) is 1.91. The average Bonchev–Trinajstić information content (AvgIpc) is 3.01. The normalized spacial score (nSPS) is 16.2. The van der Waals surface area contributed by atoms with Crippen LogP contribution >= 0.6 is 34.8 Å². The van der Waals surface area contributed by atoms with Gasteiger partial charge < -0.3 is 5.32 Å². The van der Waals surface area contributed by atoms with Crippen molar-refractivity contribution in [2.24, 2.45) is 0 Å². The molecule has 28 heavy (non-hydrogen) atoms.